The van der Waals surface area contributed by atoms with Crippen LogP contribution in [0.5, 0.6) is 0 Å². The monoisotopic (exact) mass is 318 g/mol. The van der Waals surface area contributed by atoms with E-state index in [-0.39, 0.29) is 5.91 Å². The Morgan fingerprint density at radius 3 is 2.00 bits per heavy atom. The summed E-state index contributed by atoms with van der Waals surface area (Å²) in [7, 11) is 0. The fraction of sp³-hybridized carbons (Fsp3) is 0.650. The summed E-state index contributed by atoms with van der Waals surface area (Å²) in [6, 6.07) is 8.97. The first-order chi connectivity index (χ1) is 11.3. The summed E-state index contributed by atoms with van der Waals surface area (Å²) in [6.45, 7) is 2.99. The van der Waals surface area contributed by atoms with Gasteiger partial charge in [0.2, 0.25) is 5.91 Å². The minimum atomic E-state index is -0.556. The summed E-state index contributed by atoms with van der Waals surface area (Å²) in [4.78, 5) is 12.0. The molecule has 3 N–H and O–H groups in total. The van der Waals surface area contributed by atoms with Crippen LogP contribution in [0, 0.1) is 0 Å². The molecule has 3 nitrogen and oxygen atoms in total. The zero-order valence-electron chi connectivity index (χ0n) is 14.7. The smallest absolute Gasteiger partial charge is 0.241 e. The Morgan fingerprint density at radius 1 is 0.913 bits per heavy atom. The zero-order valence-corrected chi connectivity index (χ0v) is 14.7. The topological polar surface area (TPSA) is 55.1 Å². The van der Waals surface area contributed by atoms with Crippen molar-refractivity contribution in [1.29, 1.82) is 0 Å². The molecule has 0 saturated heterocycles. The number of unbranched alkanes of at least 4 members (excludes halogenated alkanes) is 9. The normalized spacial score (nSPS) is 12.1. The van der Waals surface area contributed by atoms with Crippen LogP contribution < -0.4 is 11.1 Å². The number of amides is 1. The third-order valence-corrected chi connectivity index (χ3v) is 4.27. The largest absolute Gasteiger partial charge is 0.354 e. The second-order valence-electron chi connectivity index (χ2n) is 6.36. The van der Waals surface area contributed by atoms with Gasteiger partial charge < -0.3 is 11.1 Å². The molecule has 0 saturated carbocycles. The van der Waals surface area contributed by atoms with Gasteiger partial charge in [-0.1, -0.05) is 95.0 Å². The highest BCUT2D eigenvalue weighted by Gasteiger charge is 2.14. The van der Waals surface area contributed by atoms with Gasteiger partial charge in [0.05, 0.1) is 0 Å². The van der Waals surface area contributed by atoms with Crippen LogP contribution >= 0.6 is 0 Å². The van der Waals surface area contributed by atoms with Gasteiger partial charge >= 0.3 is 0 Å². The Bertz CT molecular complexity index is 405. The maximum absolute atomic E-state index is 12.0. The van der Waals surface area contributed by atoms with Gasteiger partial charge in [-0.2, -0.15) is 0 Å². The van der Waals surface area contributed by atoms with E-state index >= 15 is 0 Å². The summed E-state index contributed by atoms with van der Waals surface area (Å²) in [5.41, 5.74) is 6.83. The van der Waals surface area contributed by atoms with Crippen molar-refractivity contribution in [3.63, 3.8) is 0 Å². The molecule has 0 radical (unpaired) electrons. The Hall–Kier alpha value is -1.35. The summed E-state index contributed by atoms with van der Waals surface area (Å²) < 4.78 is 0. The lowest BCUT2D eigenvalue weighted by Crippen LogP contribution is -2.34. The van der Waals surface area contributed by atoms with Crippen molar-refractivity contribution in [3.8, 4) is 0 Å². The molecule has 0 aliphatic heterocycles. The van der Waals surface area contributed by atoms with Crippen molar-refractivity contribution in [2.45, 2.75) is 77.2 Å². The van der Waals surface area contributed by atoms with Crippen molar-refractivity contribution in [3.05, 3.63) is 35.9 Å². The highest BCUT2D eigenvalue weighted by molar-refractivity contribution is 5.82. The highest BCUT2D eigenvalue weighted by atomic mass is 16.2. The number of hydrogen-bond acceptors (Lipinski definition) is 2. The third-order valence-electron chi connectivity index (χ3n) is 4.27. The third kappa shape index (κ3) is 9.39. The van der Waals surface area contributed by atoms with E-state index < -0.39 is 6.04 Å². The Morgan fingerprint density at radius 2 is 1.43 bits per heavy atom. The van der Waals surface area contributed by atoms with Crippen LogP contribution in [0.4, 0.5) is 0 Å². The molecule has 1 atom stereocenters. The lowest BCUT2D eigenvalue weighted by molar-refractivity contribution is -0.122. The molecule has 130 valence electrons. The second-order valence-corrected chi connectivity index (χ2v) is 6.36. The Labute approximate surface area is 142 Å². The molecule has 0 fully saturated rings. The first-order valence-corrected chi connectivity index (χ1v) is 9.34. The number of nitrogens with one attached hydrogen (secondary N) is 1. The van der Waals surface area contributed by atoms with E-state index in [1.54, 1.807) is 0 Å². The van der Waals surface area contributed by atoms with Crippen molar-refractivity contribution in [2.24, 2.45) is 5.73 Å². The van der Waals surface area contributed by atoms with Crippen molar-refractivity contribution < 1.29 is 4.79 Å². The molecule has 0 heterocycles. The number of rotatable bonds is 13. The molecule has 23 heavy (non-hydrogen) atoms. The fourth-order valence-corrected chi connectivity index (χ4v) is 2.75. The minimum absolute atomic E-state index is 0.0767. The van der Waals surface area contributed by atoms with E-state index in [2.05, 4.69) is 12.2 Å². The molecule has 0 aliphatic rings. The molecular weight excluding hydrogens is 284 g/mol. The Kier molecular flexibility index (Phi) is 11.2. The molecule has 3 heteroatoms. The van der Waals surface area contributed by atoms with E-state index in [1.165, 1.54) is 57.8 Å². The lowest BCUT2D eigenvalue weighted by Gasteiger charge is -2.12. The van der Waals surface area contributed by atoms with Crippen LogP contribution in [0.15, 0.2) is 30.3 Å². The molecule has 1 aromatic rings. The van der Waals surface area contributed by atoms with Crippen molar-refractivity contribution in [2.75, 3.05) is 6.54 Å². The molecule has 0 spiro atoms. The van der Waals surface area contributed by atoms with Gasteiger partial charge in [-0.15, -0.1) is 0 Å². The number of benzene rings is 1. The van der Waals surface area contributed by atoms with Crippen LogP contribution in [0.25, 0.3) is 0 Å². The molecule has 1 amide bonds. The maximum atomic E-state index is 12.0. The lowest BCUT2D eigenvalue weighted by atomic mass is 10.1. The van der Waals surface area contributed by atoms with Gasteiger partial charge in [-0.3, -0.25) is 4.79 Å². The second kappa shape index (κ2) is 13.1. The molecule has 0 bridgehead atoms. The van der Waals surface area contributed by atoms with E-state index in [0.29, 0.717) is 0 Å². The zero-order chi connectivity index (χ0) is 16.8. The fourth-order valence-electron chi connectivity index (χ4n) is 2.75. The Balaban J connectivity index is 1.95. The number of hydrogen-bond donors (Lipinski definition) is 2. The SMILES string of the molecule is CCCCCCCCCCCCNC(=O)[C@H](N)c1ccccc1. The van der Waals surface area contributed by atoms with Crippen LogP contribution in [0.2, 0.25) is 0 Å². The van der Waals surface area contributed by atoms with E-state index in [1.807, 2.05) is 30.3 Å². The summed E-state index contributed by atoms with van der Waals surface area (Å²) in [5, 5.41) is 2.94. The maximum Gasteiger partial charge on any atom is 0.241 e. The van der Waals surface area contributed by atoms with Gasteiger partial charge in [0.1, 0.15) is 6.04 Å². The van der Waals surface area contributed by atoms with Crippen molar-refractivity contribution >= 4 is 5.91 Å². The molecule has 1 rings (SSSR count). The summed E-state index contributed by atoms with van der Waals surface area (Å²) in [6.07, 6.45) is 13.0. The van der Waals surface area contributed by atoms with Crippen LogP contribution in [0.3, 0.4) is 0 Å². The average molecular weight is 319 g/mol. The highest BCUT2D eigenvalue weighted by Crippen LogP contribution is 2.11. The van der Waals surface area contributed by atoms with E-state index in [4.69, 9.17) is 5.73 Å². The quantitative estimate of drug-likeness (QED) is 0.517. The van der Waals surface area contributed by atoms with Gasteiger partial charge in [0, 0.05) is 6.54 Å². The van der Waals surface area contributed by atoms with Gasteiger partial charge in [-0.25, -0.2) is 0 Å². The summed E-state index contributed by atoms with van der Waals surface area (Å²) in [5.74, 6) is -0.0767. The van der Waals surface area contributed by atoms with Crippen LogP contribution in [0.1, 0.15) is 82.7 Å². The number of carbonyl (C=O) groups excluding carboxylic acids is 1. The van der Waals surface area contributed by atoms with Crippen molar-refractivity contribution in [1.82, 2.24) is 5.32 Å². The first kappa shape index (κ1) is 19.7. The van der Waals surface area contributed by atoms with E-state index in [9.17, 15) is 4.79 Å². The predicted octanol–water partition coefficient (Wildman–Crippen LogP) is 4.72. The average Bonchev–Trinajstić information content (AvgIpc) is 2.59. The predicted molar refractivity (Wildman–Crippen MR) is 98.2 cm³/mol. The molecule has 0 aromatic heterocycles. The molecule has 0 unspecified atom stereocenters. The molecular formula is C20H34N2O. The van der Waals surface area contributed by atoms with Gasteiger partial charge in [-0.05, 0) is 12.0 Å². The molecule has 1 aromatic carbocycles. The molecule has 0 aliphatic carbocycles. The number of carbonyl (C=O) groups is 1. The van der Waals surface area contributed by atoms with Gasteiger partial charge in [0.15, 0.2) is 0 Å². The van der Waals surface area contributed by atoms with E-state index in [0.717, 1.165) is 18.5 Å². The minimum Gasteiger partial charge on any atom is -0.354 e. The van der Waals surface area contributed by atoms with Crippen LogP contribution in [-0.4, -0.2) is 12.5 Å². The van der Waals surface area contributed by atoms with Crippen LogP contribution in [-0.2, 0) is 4.79 Å². The standard InChI is InChI=1S/C20H34N2O/c1-2-3-4-5-6-7-8-9-10-14-17-22-20(23)19(21)18-15-12-11-13-16-18/h11-13,15-16,19H,2-10,14,17,21H2,1H3,(H,22,23)/t19-/m1/s1. The van der Waals surface area contributed by atoms with Gasteiger partial charge in [0.25, 0.3) is 0 Å². The number of nitrogens with two attached hydrogens (primary N) is 1. The summed E-state index contributed by atoms with van der Waals surface area (Å²) >= 11 is 0. The first-order valence-electron chi connectivity index (χ1n) is 9.34.